The van der Waals surface area contributed by atoms with Crippen LogP contribution in [0.3, 0.4) is 0 Å². The van der Waals surface area contributed by atoms with Gasteiger partial charge in [-0.05, 0) is 75.3 Å². The van der Waals surface area contributed by atoms with E-state index >= 15 is 0 Å². The number of nitrogens with one attached hydrogen (secondary N) is 2. The number of carbonyl (C=O) groups is 8. The van der Waals surface area contributed by atoms with Gasteiger partial charge in [0, 0.05) is 77.3 Å². The van der Waals surface area contributed by atoms with Gasteiger partial charge in [-0.25, -0.2) is 0 Å². The van der Waals surface area contributed by atoms with E-state index < -0.39 is 144 Å². The Kier molecular flexibility index (Phi) is 13.4. The molecule has 0 aromatic carbocycles. The maximum absolute atomic E-state index is 13.0. The van der Waals surface area contributed by atoms with Crippen molar-refractivity contribution in [3.63, 3.8) is 0 Å². The minimum atomic E-state index is -1.55. The van der Waals surface area contributed by atoms with Crippen molar-refractivity contribution in [1.29, 1.82) is 0 Å². The van der Waals surface area contributed by atoms with Gasteiger partial charge in [-0.3, -0.25) is 48.3 Å². The first-order valence-electron chi connectivity index (χ1n) is 21.0. The predicted molar refractivity (Wildman–Crippen MR) is 224 cm³/mol. The van der Waals surface area contributed by atoms with Crippen LogP contribution in [0.15, 0.2) is 55.9 Å². The minimum absolute atomic E-state index is 0.0946. The minimum Gasteiger partial charge on any atom is -0.481 e. The lowest BCUT2D eigenvalue weighted by Gasteiger charge is -2.48. The molecule has 64 heavy (non-hydrogen) atoms. The highest BCUT2D eigenvalue weighted by Crippen LogP contribution is 2.61. The largest absolute Gasteiger partial charge is 0.481 e. The normalized spacial score (nSPS) is 32.5. The number of allylic oxidation sites excluding steroid dienone is 6. The zero-order valence-electron chi connectivity index (χ0n) is 36.3. The average molecular weight is 897 g/mol. The van der Waals surface area contributed by atoms with Gasteiger partial charge < -0.3 is 51.5 Å². The van der Waals surface area contributed by atoms with Gasteiger partial charge >= 0.3 is 47.8 Å². The van der Waals surface area contributed by atoms with E-state index in [1.807, 2.05) is 0 Å². The SMILES string of the molecule is C[C@@]1(CC(=O)O)C2=NC(=C1CCC(=O)O)C[C@]1(C)N=C(/C=C3\N[C@H]([C@H](CC(=O)O)[C@@]3(C)CCC(=O)O)[C@]3(C)NC(=C2)[C@@H](CCC(=O)O)[C@]3(C)CC(=O)O)C(CCC(=O)O)=C1CC(=O)O. The second kappa shape index (κ2) is 17.7. The van der Waals surface area contributed by atoms with Crippen LogP contribution >= 0.6 is 0 Å². The summed E-state index contributed by atoms with van der Waals surface area (Å²) in [6, 6.07) is -1.07. The lowest BCUT2D eigenvalue weighted by Crippen LogP contribution is -2.63. The average Bonchev–Trinajstić information content (AvgIpc) is 3.72. The molecule has 0 aromatic heterocycles. The molecule has 0 unspecified atom stereocenters. The lowest BCUT2D eigenvalue weighted by molar-refractivity contribution is -0.144. The Balaban J connectivity index is 1.98. The van der Waals surface area contributed by atoms with E-state index in [-0.39, 0.29) is 71.8 Å². The van der Waals surface area contributed by atoms with Crippen LogP contribution in [-0.2, 0) is 38.4 Å². The molecule has 8 bridgehead atoms. The fourth-order valence-electron chi connectivity index (χ4n) is 11.2. The van der Waals surface area contributed by atoms with Gasteiger partial charge in [-0.1, -0.05) is 13.8 Å². The Bertz CT molecular complexity index is 2270. The quantitative estimate of drug-likeness (QED) is 0.0813. The van der Waals surface area contributed by atoms with Crippen molar-refractivity contribution in [2.75, 3.05) is 0 Å². The van der Waals surface area contributed by atoms with Crippen molar-refractivity contribution in [2.24, 2.45) is 38.1 Å². The molecule has 0 amide bonds. The molecular formula is C44H56N4O16. The molecular weight excluding hydrogens is 840 g/mol. The molecule has 0 aromatic rings. The zero-order valence-corrected chi connectivity index (χ0v) is 36.3. The highest BCUT2D eigenvalue weighted by atomic mass is 16.4. The van der Waals surface area contributed by atoms with E-state index in [1.54, 1.807) is 34.6 Å². The van der Waals surface area contributed by atoms with E-state index in [2.05, 4.69) is 10.6 Å². The van der Waals surface area contributed by atoms with E-state index in [9.17, 15) is 79.2 Å². The summed E-state index contributed by atoms with van der Waals surface area (Å²) in [5.74, 6) is -12.0. The number of nitrogens with zero attached hydrogens (tertiary/aromatic N) is 2. The first-order chi connectivity index (χ1) is 29.6. The second-order valence-corrected chi connectivity index (χ2v) is 18.7. The molecule has 348 valence electrons. The van der Waals surface area contributed by atoms with Gasteiger partial charge in [0.2, 0.25) is 0 Å². The topological polar surface area (TPSA) is 347 Å². The Morgan fingerprint density at radius 1 is 0.688 bits per heavy atom. The molecule has 20 nitrogen and oxygen atoms in total. The van der Waals surface area contributed by atoms with Crippen molar-refractivity contribution >= 4 is 59.2 Å². The van der Waals surface area contributed by atoms with Crippen LogP contribution in [0, 0.1) is 28.1 Å². The monoisotopic (exact) mass is 896 g/mol. The third-order valence-electron chi connectivity index (χ3n) is 14.5. The van der Waals surface area contributed by atoms with Crippen molar-refractivity contribution in [1.82, 2.24) is 10.6 Å². The molecule has 2 saturated heterocycles. The molecule has 5 aliphatic rings. The summed E-state index contributed by atoms with van der Waals surface area (Å²) in [7, 11) is 0. The number of carboxylic acid groups (broad SMARTS) is 8. The molecule has 8 atom stereocenters. The highest BCUT2D eigenvalue weighted by molar-refractivity contribution is 6.12. The molecule has 0 aliphatic carbocycles. The van der Waals surface area contributed by atoms with Crippen LogP contribution in [0.5, 0.6) is 0 Å². The van der Waals surface area contributed by atoms with Crippen LogP contribution in [0.1, 0.15) is 118 Å². The number of fused-ring (bicyclic) bond motifs is 7. The molecule has 10 N–H and O–H groups in total. The molecule has 0 spiro atoms. The molecule has 5 aliphatic heterocycles. The Morgan fingerprint density at radius 2 is 1.28 bits per heavy atom. The fraction of sp³-hybridized carbons (Fsp3) is 0.591. The first kappa shape index (κ1) is 48.7. The molecule has 0 radical (unpaired) electrons. The van der Waals surface area contributed by atoms with Gasteiger partial charge in [0.1, 0.15) is 0 Å². The van der Waals surface area contributed by atoms with E-state index in [4.69, 9.17) is 9.98 Å². The molecule has 5 rings (SSSR count). The summed E-state index contributed by atoms with van der Waals surface area (Å²) in [5.41, 5.74) is -5.83. The van der Waals surface area contributed by atoms with Gasteiger partial charge in [-0.15, -0.1) is 0 Å². The molecule has 2 fully saturated rings. The Hall–Kier alpha value is -6.34. The van der Waals surface area contributed by atoms with Gasteiger partial charge in [0.05, 0.1) is 54.2 Å². The van der Waals surface area contributed by atoms with Gasteiger partial charge in [0.25, 0.3) is 0 Å². The van der Waals surface area contributed by atoms with E-state index in [0.717, 1.165) is 0 Å². The third-order valence-corrected chi connectivity index (χ3v) is 14.5. The predicted octanol–water partition coefficient (Wildman–Crippen LogP) is 4.32. The van der Waals surface area contributed by atoms with Crippen LogP contribution in [0.25, 0.3) is 0 Å². The number of hydrogen-bond acceptors (Lipinski definition) is 12. The summed E-state index contributed by atoms with van der Waals surface area (Å²) in [5, 5.41) is 88.4. The number of aliphatic carboxylic acids is 8. The van der Waals surface area contributed by atoms with Crippen LogP contribution in [0.2, 0.25) is 0 Å². The molecule has 5 heterocycles. The Labute approximate surface area is 367 Å². The smallest absolute Gasteiger partial charge is 0.307 e. The van der Waals surface area contributed by atoms with Crippen LogP contribution in [-0.4, -0.2) is 117 Å². The maximum atomic E-state index is 13.0. The maximum Gasteiger partial charge on any atom is 0.307 e. The van der Waals surface area contributed by atoms with Crippen molar-refractivity contribution in [3.8, 4) is 0 Å². The fourth-order valence-corrected chi connectivity index (χ4v) is 11.2. The first-order valence-corrected chi connectivity index (χ1v) is 21.0. The van der Waals surface area contributed by atoms with Gasteiger partial charge in [-0.2, -0.15) is 0 Å². The number of hydrogen-bond donors (Lipinski definition) is 10. The second-order valence-electron chi connectivity index (χ2n) is 18.7. The molecule has 20 heteroatoms. The summed E-state index contributed by atoms with van der Waals surface area (Å²) in [6.07, 6.45) is -2.20. The zero-order chi connectivity index (χ0) is 47.9. The van der Waals surface area contributed by atoms with Crippen LogP contribution < -0.4 is 10.6 Å². The standard InChI is InChI=1S/C44H56N4O16/c1-40(13-12-34(55)56)25(15-36(59)60)39-44(5)42(3,20-38(63)64)23(8-11-33(53)54)27(48-44)17-30-41(2,19-37(61)62)22(7-10-32(51)52)28(45-30)18-43(4)24(14-35(57)58)21(6-9-31(49)50)26(47-43)16-29(40)46-39/h16-17,23,25,39,46,48H,6-15,18-20H2,1-5H3,(H,49,50)(H,51,52)(H,53,54)(H,55,56)(H,57,58)(H,59,60)(H,61,62)(H,63,64)/b27-17?,29-16-/t23-,25+,39-,40-,41+,42+,43+,44+/m1/s1. The number of aliphatic imine (C=N–C) groups is 2. The van der Waals surface area contributed by atoms with Crippen LogP contribution in [0.4, 0.5) is 0 Å². The van der Waals surface area contributed by atoms with E-state index in [1.165, 1.54) is 12.2 Å². The van der Waals surface area contributed by atoms with Crippen molar-refractivity contribution in [3.05, 3.63) is 46.0 Å². The van der Waals surface area contributed by atoms with Crippen molar-refractivity contribution < 1.29 is 79.2 Å². The van der Waals surface area contributed by atoms with Gasteiger partial charge in [0.15, 0.2) is 0 Å². The van der Waals surface area contributed by atoms with E-state index in [0.29, 0.717) is 5.57 Å². The molecule has 0 saturated carbocycles. The lowest BCUT2D eigenvalue weighted by atomic mass is 9.57. The Morgan fingerprint density at radius 3 is 1.83 bits per heavy atom. The number of carboxylic acids is 8. The third kappa shape index (κ3) is 9.17. The van der Waals surface area contributed by atoms with Crippen molar-refractivity contribution in [2.45, 2.75) is 135 Å². The highest BCUT2D eigenvalue weighted by Gasteiger charge is 2.66. The number of rotatable bonds is 20. The summed E-state index contributed by atoms with van der Waals surface area (Å²) in [6.45, 7) is 8.12. The summed E-state index contributed by atoms with van der Waals surface area (Å²) in [4.78, 5) is 110. The summed E-state index contributed by atoms with van der Waals surface area (Å²) >= 11 is 0. The summed E-state index contributed by atoms with van der Waals surface area (Å²) < 4.78 is 0.